The van der Waals surface area contributed by atoms with Crippen LogP contribution in [0.25, 0.3) is 0 Å². The van der Waals surface area contributed by atoms with Gasteiger partial charge in [-0.25, -0.2) is 8.42 Å². The van der Waals surface area contributed by atoms with Gasteiger partial charge >= 0.3 is 0 Å². The number of rotatable bonds is 5. The molecule has 1 aromatic carbocycles. The van der Waals surface area contributed by atoms with Crippen LogP contribution < -0.4 is 10.1 Å². The number of hydrogen-bond acceptors (Lipinski definition) is 4. The third-order valence-electron chi connectivity index (χ3n) is 3.20. The molecule has 2 rings (SSSR count). The predicted molar refractivity (Wildman–Crippen MR) is 83.8 cm³/mol. The summed E-state index contributed by atoms with van der Waals surface area (Å²) in [5.41, 5.74) is 1.16. The average Bonchev–Trinajstić information content (AvgIpc) is 2.69. The van der Waals surface area contributed by atoms with Crippen LogP contribution in [-0.4, -0.2) is 32.1 Å². The normalized spacial score (nSPS) is 21.3. The maximum atomic E-state index is 11.4. The first-order chi connectivity index (χ1) is 9.35. The Bertz CT molecular complexity index is 572. The van der Waals surface area contributed by atoms with Crippen molar-refractivity contribution in [1.29, 1.82) is 0 Å². The molecule has 0 spiro atoms. The Balaban J connectivity index is 1.99. The first-order valence-corrected chi connectivity index (χ1v) is 9.36. The van der Waals surface area contributed by atoms with E-state index in [1.807, 2.05) is 18.2 Å². The fourth-order valence-corrected chi connectivity index (χ4v) is 4.21. The largest absolute Gasteiger partial charge is 0.488 e. The van der Waals surface area contributed by atoms with E-state index in [-0.39, 0.29) is 17.6 Å². The summed E-state index contributed by atoms with van der Waals surface area (Å²) in [5, 5.41) is 3.35. The van der Waals surface area contributed by atoms with Crippen molar-refractivity contribution >= 4 is 25.8 Å². The Labute approximate surface area is 129 Å². The Kier molecular flexibility index (Phi) is 5.09. The summed E-state index contributed by atoms with van der Waals surface area (Å²) in [6, 6.07) is 6.34. The van der Waals surface area contributed by atoms with Crippen molar-refractivity contribution in [3.05, 3.63) is 28.2 Å². The van der Waals surface area contributed by atoms with Gasteiger partial charge in [-0.1, -0.05) is 19.9 Å². The van der Waals surface area contributed by atoms with Gasteiger partial charge in [-0.2, -0.15) is 0 Å². The SMILES string of the molecule is CC(C)NCc1ccc(OC2CCS(=O)(=O)C2)c(Br)c1. The summed E-state index contributed by atoms with van der Waals surface area (Å²) in [6.45, 7) is 5.01. The monoisotopic (exact) mass is 361 g/mol. The second-order valence-electron chi connectivity index (χ2n) is 5.44. The van der Waals surface area contributed by atoms with Crippen LogP contribution in [0.4, 0.5) is 0 Å². The van der Waals surface area contributed by atoms with Crippen molar-refractivity contribution in [3.8, 4) is 5.75 Å². The highest BCUT2D eigenvalue weighted by molar-refractivity contribution is 9.10. The zero-order chi connectivity index (χ0) is 14.8. The van der Waals surface area contributed by atoms with Gasteiger partial charge < -0.3 is 10.1 Å². The zero-order valence-electron chi connectivity index (χ0n) is 11.7. The van der Waals surface area contributed by atoms with Crippen LogP contribution in [0.1, 0.15) is 25.8 Å². The fourth-order valence-electron chi connectivity index (χ4n) is 2.11. The van der Waals surface area contributed by atoms with Gasteiger partial charge in [-0.15, -0.1) is 0 Å². The Hall–Kier alpha value is -0.590. The number of sulfone groups is 1. The lowest BCUT2D eigenvalue weighted by Crippen LogP contribution is -2.22. The molecule has 1 fully saturated rings. The Morgan fingerprint density at radius 3 is 2.75 bits per heavy atom. The van der Waals surface area contributed by atoms with Gasteiger partial charge in [-0.05, 0) is 40.0 Å². The van der Waals surface area contributed by atoms with Crippen molar-refractivity contribution in [3.63, 3.8) is 0 Å². The summed E-state index contributed by atoms with van der Waals surface area (Å²) in [5.74, 6) is 1.06. The minimum Gasteiger partial charge on any atom is -0.488 e. The van der Waals surface area contributed by atoms with Crippen LogP contribution in [0, 0.1) is 0 Å². The van der Waals surface area contributed by atoms with Gasteiger partial charge in [0.25, 0.3) is 0 Å². The first kappa shape index (κ1) is 15.8. The summed E-state index contributed by atoms with van der Waals surface area (Å²) >= 11 is 3.49. The lowest BCUT2D eigenvalue weighted by molar-refractivity contribution is 0.227. The van der Waals surface area contributed by atoms with E-state index in [1.54, 1.807) is 0 Å². The van der Waals surface area contributed by atoms with Gasteiger partial charge in [-0.3, -0.25) is 0 Å². The molecule has 0 aromatic heterocycles. The Morgan fingerprint density at radius 1 is 1.45 bits per heavy atom. The number of nitrogens with one attached hydrogen (secondary N) is 1. The number of hydrogen-bond donors (Lipinski definition) is 1. The Morgan fingerprint density at radius 2 is 2.20 bits per heavy atom. The second-order valence-corrected chi connectivity index (χ2v) is 8.53. The molecule has 0 bridgehead atoms. The minimum absolute atomic E-state index is 0.121. The molecule has 1 heterocycles. The molecule has 20 heavy (non-hydrogen) atoms. The van der Waals surface area contributed by atoms with Crippen LogP contribution >= 0.6 is 15.9 Å². The molecule has 0 radical (unpaired) electrons. The molecular weight excluding hydrogens is 342 g/mol. The zero-order valence-corrected chi connectivity index (χ0v) is 14.1. The molecule has 0 amide bonds. The van der Waals surface area contributed by atoms with Crippen molar-refractivity contribution in [2.24, 2.45) is 0 Å². The van der Waals surface area contributed by atoms with Gasteiger partial charge in [0.05, 0.1) is 16.0 Å². The highest BCUT2D eigenvalue weighted by Gasteiger charge is 2.29. The molecule has 1 N–H and O–H groups in total. The van der Waals surface area contributed by atoms with Crippen LogP contribution in [0.3, 0.4) is 0 Å². The van der Waals surface area contributed by atoms with Crippen LogP contribution in [0.2, 0.25) is 0 Å². The minimum atomic E-state index is -2.91. The maximum absolute atomic E-state index is 11.4. The molecule has 0 saturated carbocycles. The van der Waals surface area contributed by atoms with E-state index < -0.39 is 9.84 Å². The topological polar surface area (TPSA) is 55.4 Å². The molecule has 1 unspecified atom stereocenters. The van der Waals surface area contributed by atoms with E-state index in [9.17, 15) is 8.42 Å². The average molecular weight is 362 g/mol. The number of halogens is 1. The van der Waals surface area contributed by atoms with Crippen molar-refractivity contribution in [2.45, 2.75) is 39.0 Å². The molecule has 1 saturated heterocycles. The lowest BCUT2D eigenvalue weighted by Gasteiger charge is -2.15. The van der Waals surface area contributed by atoms with E-state index in [0.717, 1.165) is 16.6 Å². The van der Waals surface area contributed by atoms with E-state index in [4.69, 9.17) is 4.74 Å². The maximum Gasteiger partial charge on any atom is 0.154 e. The quantitative estimate of drug-likeness (QED) is 0.875. The number of ether oxygens (including phenoxy) is 1. The number of benzene rings is 1. The van der Waals surface area contributed by atoms with Crippen molar-refractivity contribution < 1.29 is 13.2 Å². The van der Waals surface area contributed by atoms with E-state index >= 15 is 0 Å². The molecule has 1 atom stereocenters. The van der Waals surface area contributed by atoms with Gasteiger partial charge in [0, 0.05) is 12.6 Å². The van der Waals surface area contributed by atoms with Gasteiger partial charge in [0.1, 0.15) is 11.9 Å². The van der Waals surface area contributed by atoms with Crippen molar-refractivity contribution in [2.75, 3.05) is 11.5 Å². The summed E-state index contributed by atoms with van der Waals surface area (Å²) in [7, 11) is -2.91. The van der Waals surface area contributed by atoms with E-state index in [1.165, 1.54) is 0 Å². The smallest absolute Gasteiger partial charge is 0.154 e. The summed E-state index contributed by atoms with van der Waals surface area (Å²) < 4.78 is 29.5. The highest BCUT2D eigenvalue weighted by atomic mass is 79.9. The summed E-state index contributed by atoms with van der Waals surface area (Å²) in [6.07, 6.45) is 0.349. The van der Waals surface area contributed by atoms with E-state index in [0.29, 0.717) is 18.2 Å². The highest BCUT2D eigenvalue weighted by Crippen LogP contribution is 2.29. The lowest BCUT2D eigenvalue weighted by atomic mass is 10.2. The molecule has 112 valence electrons. The predicted octanol–water partition coefficient (Wildman–Crippen LogP) is 2.51. The molecule has 0 aliphatic carbocycles. The van der Waals surface area contributed by atoms with Gasteiger partial charge in [0.15, 0.2) is 9.84 Å². The van der Waals surface area contributed by atoms with Gasteiger partial charge in [0.2, 0.25) is 0 Å². The van der Waals surface area contributed by atoms with Crippen LogP contribution in [0.15, 0.2) is 22.7 Å². The van der Waals surface area contributed by atoms with Crippen molar-refractivity contribution in [1.82, 2.24) is 5.32 Å². The van der Waals surface area contributed by atoms with E-state index in [2.05, 4.69) is 35.1 Å². The molecular formula is C14H20BrNO3S. The second kappa shape index (κ2) is 6.45. The standard InChI is InChI=1S/C14H20BrNO3S/c1-10(2)16-8-11-3-4-14(13(15)7-11)19-12-5-6-20(17,18)9-12/h3-4,7,10,12,16H,5-6,8-9H2,1-2H3. The van der Waals surface area contributed by atoms with Crippen LogP contribution in [-0.2, 0) is 16.4 Å². The fraction of sp³-hybridized carbons (Fsp3) is 0.571. The third-order valence-corrected chi connectivity index (χ3v) is 5.55. The first-order valence-electron chi connectivity index (χ1n) is 6.74. The molecule has 4 nitrogen and oxygen atoms in total. The molecule has 6 heteroatoms. The molecule has 1 aromatic rings. The molecule has 1 aliphatic heterocycles. The summed E-state index contributed by atoms with van der Waals surface area (Å²) in [4.78, 5) is 0. The molecule has 1 aliphatic rings. The van der Waals surface area contributed by atoms with Crippen LogP contribution in [0.5, 0.6) is 5.75 Å². The third kappa shape index (κ3) is 4.46.